The molecule has 0 bridgehead atoms. The number of aliphatic imine (C=N–C) groups is 1. The molecule has 0 amide bonds. The molecule has 33 heavy (non-hydrogen) atoms. The Balaban J connectivity index is 1.40. The number of ether oxygens (including phenoxy) is 2. The van der Waals surface area contributed by atoms with Crippen molar-refractivity contribution in [1.82, 2.24) is 5.59 Å². The lowest BCUT2D eigenvalue weighted by Gasteiger charge is -2.28. The van der Waals surface area contributed by atoms with E-state index < -0.39 is 12.3 Å². The van der Waals surface area contributed by atoms with Crippen molar-refractivity contribution in [3.8, 4) is 11.5 Å². The molecular weight excluding hydrogens is 420 g/mol. The lowest BCUT2D eigenvalue weighted by molar-refractivity contribution is -0.100. The van der Waals surface area contributed by atoms with Gasteiger partial charge in [-0.05, 0) is 54.1 Å². The first-order chi connectivity index (χ1) is 16.2. The fourth-order valence-corrected chi connectivity index (χ4v) is 4.80. The van der Waals surface area contributed by atoms with Crippen LogP contribution in [0.2, 0.25) is 0 Å². The summed E-state index contributed by atoms with van der Waals surface area (Å²) in [5, 5.41) is 12.6. The Kier molecular flexibility index (Phi) is 4.72. The predicted octanol–water partition coefficient (Wildman–Crippen LogP) is 3.36. The number of hydrazine groups is 1. The largest absolute Gasteiger partial charge is 0.497 e. The number of methoxy groups -OCH3 is 2. The highest BCUT2D eigenvalue weighted by molar-refractivity contribution is 6.09. The van der Waals surface area contributed by atoms with Gasteiger partial charge in [0.25, 0.3) is 0 Å². The second kappa shape index (κ2) is 7.77. The van der Waals surface area contributed by atoms with E-state index in [1.54, 1.807) is 14.2 Å². The van der Waals surface area contributed by atoms with Crippen molar-refractivity contribution in [3.63, 3.8) is 0 Å². The molecule has 8 nitrogen and oxygen atoms in total. The van der Waals surface area contributed by atoms with E-state index in [1.807, 2.05) is 59.6 Å². The first-order valence-corrected chi connectivity index (χ1v) is 10.8. The van der Waals surface area contributed by atoms with E-state index in [9.17, 15) is 5.11 Å². The van der Waals surface area contributed by atoms with Crippen LogP contribution in [0.1, 0.15) is 11.6 Å². The van der Waals surface area contributed by atoms with Crippen molar-refractivity contribution in [2.24, 2.45) is 4.99 Å². The number of nitrogens with one attached hydrogen (secondary N) is 1. The van der Waals surface area contributed by atoms with Crippen LogP contribution in [0, 0.1) is 0 Å². The average Bonchev–Trinajstić information content (AvgIpc) is 3.51. The second-order valence-electron chi connectivity index (χ2n) is 8.21. The zero-order valence-corrected chi connectivity index (χ0v) is 18.3. The molecule has 2 N–H and O–H groups in total. The molecule has 0 aromatic heterocycles. The molecule has 2 saturated heterocycles. The Morgan fingerprint density at radius 2 is 1.52 bits per heavy atom. The summed E-state index contributed by atoms with van der Waals surface area (Å²) >= 11 is 0. The molecule has 2 fully saturated rings. The van der Waals surface area contributed by atoms with Crippen molar-refractivity contribution in [1.29, 1.82) is 0 Å². The van der Waals surface area contributed by atoms with Gasteiger partial charge in [0.1, 0.15) is 17.5 Å². The fraction of sp³-hybridized carbons (Fsp3) is 0.240. The molecule has 4 unspecified atom stereocenters. The molecule has 3 aromatic rings. The number of rotatable bonds is 5. The minimum Gasteiger partial charge on any atom is -0.497 e. The fourth-order valence-electron chi connectivity index (χ4n) is 4.80. The van der Waals surface area contributed by atoms with Gasteiger partial charge in [0.2, 0.25) is 6.29 Å². The second-order valence-corrected chi connectivity index (χ2v) is 8.21. The highest BCUT2D eigenvalue weighted by Gasteiger charge is 2.58. The van der Waals surface area contributed by atoms with Crippen molar-refractivity contribution >= 4 is 22.8 Å². The third-order valence-electron chi connectivity index (χ3n) is 6.45. The number of benzene rings is 3. The zero-order chi connectivity index (χ0) is 22.5. The van der Waals surface area contributed by atoms with Gasteiger partial charge >= 0.3 is 0 Å². The van der Waals surface area contributed by atoms with Crippen molar-refractivity contribution in [2.75, 3.05) is 24.1 Å². The molecule has 3 aromatic carbocycles. The quantitative estimate of drug-likeness (QED) is 0.584. The van der Waals surface area contributed by atoms with E-state index in [0.717, 1.165) is 34.3 Å². The van der Waals surface area contributed by atoms with E-state index in [2.05, 4.69) is 28.7 Å². The van der Waals surface area contributed by atoms with E-state index in [-0.39, 0.29) is 12.1 Å². The third-order valence-corrected chi connectivity index (χ3v) is 6.45. The summed E-state index contributed by atoms with van der Waals surface area (Å²) in [6, 6.07) is 23.4. The molecule has 6 rings (SSSR count). The summed E-state index contributed by atoms with van der Waals surface area (Å²) in [6.07, 6.45) is -1.07. The van der Waals surface area contributed by atoms with Gasteiger partial charge in [-0.2, -0.15) is 0 Å². The van der Waals surface area contributed by atoms with Crippen LogP contribution in [0.25, 0.3) is 0 Å². The number of para-hydroxylation sites is 2. The summed E-state index contributed by atoms with van der Waals surface area (Å²) in [5.41, 5.74) is 7.70. The number of aliphatic hydroxyl groups is 1. The Morgan fingerprint density at radius 3 is 2.21 bits per heavy atom. The average molecular weight is 444 g/mol. The topological polar surface area (TPSA) is 78.6 Å². The number of fused-ring (bicyclic) bond motifs is 3. The number of hydrogen-bond acceptors (Lipinski definition) is 8. The SMILES string of the molecule is COc1ccc(C2C3C(C4C(O)ONN4c4ccc(OC)cc4)=Nc4ccccc4N32)cc1. The molecule has 3 aliphatic rings. The van der Waals surface area contributed by atoms with Gasteiger partial charge in [0.15, 0.2) is 0 Å². The summed E-state index contributed by atoms with van der Waals surface area (Å²) < 4.78 is 10.6. The molecule has 8 heteroatoms. The van der Waals surface area contributed by atoms with Gasteiger partial charge in [-0.15, -0.1) is 5.59 Å². The maximum absolute atomic E-state index is 10.8. The lowest BCUT2D eigenvalue weighted by Crippen LogP contribution is -2.48. The molecule has 0 saturated carbocycles. The van der Waals surface area contributed by atoms with Crippen LogP contribution in [-0.4, -0.2) is 43.4 Å². The number of nitrogens with zero attached hydrogens (tertiary/aromatic N) is 3. The molecule has 0 aliphatic carbocycles. The van der Waals surface area contributed by atoms with Crippen molar-refractivity contribution < 1.29 is 19.4 Å². The smallest absolute Gasteiger partial charge is 0.204 e. The monoisotopic (exact) mass is 444 g/mol. The Bertz CT molecular complexity index is 1200. The first-order valence-electron chi connectivity index (χ1n) is 10.8. The highest BCUT2D eigenvalue weighted by Crippen LogP contribution is 2.55. The summed E-state index contributed by atoms with van der Waals surface area (Å²) in [4.78, 5) is 12.8. The summed E-state index contributed by atoms with van der Waals surface area (Å²) in [5.74, 6) is 1.58. The van der Waals surface area contributed by atoms with Crippen molar-refractivity contribution in [3.05, 3.63) is 78.4 Å². The van der Waals surface area contributed by atoms with Crippen LogP contribution in [0.5, 0.6) is 11.5 Å². The molecule has 0 radical (unpaired) electrons. The molecule has 168 valence electrons. The van der Waals surface area contributed by atoms with Crippen LogP contribution in [0.15, 0.2) is 77.8 Å². The van der Waals surface area contributed by atoms with E-state index in [1.165, 1.54) is 5.56 Å². The number of hydrogen-bond donors (Lipinski definition) is 2. The molecule has 3 aliphatic heterocycles. The van der Waals surface area contributed by atoms with Gasteiger partial charge in [-0.1, -0.05) is 24.3 Å². The van der Waals surface area contributed by atoms with Crippen LogP contribution in [-0.2, 0) is 4.84 Å². The first kappa shape index (κ1) is 20.0. The van der Waals surface area contributed by atoms with Gasteiger partial charge in [0.05, 0.1) is 49.1 Å². The van der Waals surface area contributed by atoms with Crippen LogP contribution >= 0.6 is 0 Å². The molecular formula is C25H24N4O4. The third kappa shape index (κ3) is 3.22. The minimum atomic E-state index is -1.07. The van der Waals surface area contributed by atoms with Gasteiger partial charge in [-0.3, -0.25) is 10.0 Å². The Hall–Kier alpha value is -3.59. The molecule has 3 heterocycles. The van der Waals surface area contributed by atoms with E-state index >= 15 is 0 Å². The lowest BCUT2D eigenvalue weighted by atomic mass is 10.0. The minimum absolute atomic E-state index is 0.0113. The van der Waals surface area contributed by atoms with Crippen LogP contribution < -0.4 is 25.0 Å². The van der Waals surface area contributed by atoms with E-state index in [0.29, 0.717) is 0 Å². The van der Waals surface area contributed by atoms with Gasteiger partial charge in [0, 0.05) is 0 Å². The normalized spacial score (nSPS) is 25.2. The predicted molar refractivity (Wildman–Crippen MR) is 125 cm³/mol. The summed E-state index contributed by atoms with van der Waals surface area (Å²) in [7, 11) is 3.30. The molecule has 4 atom stereocenters. The number of aliphatic hydroxyl groups excluding tert-OH is 1. The standard InChI is InChI=1S/C25H24N4O4/c1-31-17-11-7-15(8-12-17)22-23-21(26-19-5-3-4-6-20(19)28(22)23)24-25(30)33-27-29(24)16-9-13-18(32-2)14-10-16/h3-14,22-25,27,30H,1-2H3. The van der Waals surface area contributed by atoms with Crippen molar-refractivity contribution in [2.45, 2.75) is 24.4 Å². The Morgan fingerprint density at radius 1 is 0.848 bits per heavy atom. The zero-order valence-electron chi connectivity index (χ0n) is 18.3. The highest BCUT2D eigenvalue weighted by atomic mass is 16.8. The van der Waals surface area contributed by atoms with Crippen LogP contribution in [0.4, 0.5) is 17.1 Å². The Labute approximate surface area is 191 Å². The maximum atomic E-state index is 10.8. The van der Waals surface area contributed by atoms with Crippen LogP contribution in [0.3, 0.4) is 0 Å². The molecule has 0 spiro atoms. The number of anilines is 2. The van der Waals surface area contributed by atoms with Gasteiger partial charge < -0.3 is 19.5 Å². The van der Waals surface area contributed by atoms with Gasteiger partial charge in [-0.25, -0.2) is 4.84 Å². The summed E-state index contributed by atoms with van der Waals surface area (Å²) in [6.45, 7) is 0. The van der Waals surface area contributed by atoms with E-state index in [4.69, 9.17) is 19.3 Å². The maximum Gasteiger partial charge on any atom is 0.204 e.